The van der Waals surface area contributed by atoms with E-state index in [9.17, 15) is 13.2 Å². The molecule has 3 rings (SSSR count). The zero-order valence-corrected chi connectivity index (χ0v) is 15.8. The molecule has 0 saturated heterocycles. The van der Waals surface area contributed by atoms with Gasteiger partial charge in [0, 0.05) is 38.1 Å². The molecule has 1 aromatic carbocycles. The molecule has 0 spiro atoms. The first kappa shape index (κ1) is 18.7. The SMILES string of the molecule is Cc1nccn1-c1cc(NC(=O)c2ccc(S(=O)(=O)N(C)C)cc2)ncn1. The summed E-state index contributed by atoms with van der Waals surface area (Å²) in [5.74, 6) is 1.24. The summed E-state index contributed by atoms with van der Waals surface area (Å²) >= 11 is 0. The number of nitrogens with zero attached hydrogens (tertiary/aromatic N) is 5. The van der Waals surface area contributed by atoms with Crippen molar-refractivity contribution in [3.8, 4) is 5.82 Å². The first-order valence-electron chi connectivity index (χ1n) is 7.95. The summed E-state index contributed by atoms with van der Waals surface area (Å²) < 4.78 is 27.0. The Bertz CT molecular complexity index is 1070. The van der Waals surface area contributed by atoms with Crippen LogP contribution in [0.2, 0.25) is 0 Å². The third-order valence-electron chi connectivity index (χ3n) is 3.86. The summed E-state index contributed by atoms with van der Waals surface area (Å²) in [5.41, 5.74) is 0.312. The first-order chi connectivity index (χ1) is 12.8. The van der Waals surface area contributed by atoms with E-state index < -0.39 is 15.9 Å². The number of aryl methyl sites for hydroxylation is 1. The van der Waals surface area contributed by atoms with Crippen molar-refractivity contribution in [3.63, 3.8) is 0 Å². The van der Waals surface area contributed by atoms with Crippen molar-refractivity contribution in [2.24, 2.45) is 0 Å². The Morgan fingerprint density at radius 1 is 1.11 bits per heavy atom. The summed E-state index contributed by atoms with van der Waals surface area (Å²) in [7, 11) is -0.643. The number of benzene rings is 1. The largest absolute Gasteiger partial charge is 0.306 e. The van der Waals surface area contributed by atoms with Crippen molar-refractivity contribution in [1.29, 1.82) is 0 Å². The molecule has 0 aliphatic rings. The van der Waals surface area contributed by atoms with Gasteiger partial charge in [0.2, 0.25) is 10.0 Å². The molecule has 0 aliphatic heterocycles. The Kier molecular flexibility index (Phi) is 5.02. The van der Waals surface area contributed by atoms with Crippen molar-refractivity contribution in [2.45, 2.75) is 11.8 Å². The van der Waals surface area contributed by atoms with Crippen molar-refractivity contribution < 1.29 is 13.2 Å². The van der Waals surface area contributed by atoms with Crippen LogP contribution in [0, 0.1) is 6.92 Å². The molecule has 3 aromatic rings. The second-order valence-corrected chi connectivity index (χ2v) is 8.02. The average molecular weight is 386 g/mol. The number of imidazole rings is 1. The summed E-state index contributed by atoms with van der Waals surface area (Å²) in [6, 6.07) is 7.31. The molecule has 9 nitrogen and oxygen atoms in total. The van der Waals surface area contributed by atoms with Gasteiger partial charge in [-0.1, -0.05) is 0 Å². The Morgan fingerprint density at radius 3 is 2.41 bits per heavy atom. The number of carbonyl (C=O) groups is 1. The van der Waals surface area contributed by atoms with E-state index in [1.165, 1.54) is 44.7 Å². The van der Waals surface area contributed by atoms with E-state index >= 15 is 0 Å². The highest BCUT2D eigenvalue weighted by molar-refractivity contribution is 7.89. The van der Waals surface area contributed by atoms with E-state index in [2.05, 4.69) is 20.3 Å². The Morgan fingerprint density at radius 2 is 1.81 bits per heavy atom. The molecule has 0 bridgehead atoms. The lowest BCUT2D eigenvalue weighted by Crippen LogP contribution is -2.22. The second kappa shape index (κ2) is 7.25. The van der Waals surface area contributed by atoms with Gasteiger partial charge < -0.3 is 5.32 Å². The topological polar surface area (TPSA) is 110 Å². The van der Waals surface area contributed by atoms with Gasteiger partial charge in [0.25, 0.3) is 5.91 Å². The van der Waals surface area contributed by atoms with E-state index in [-0.39, 0.29) is 4.90 Å². The maximum Gasteiger partial charge on any atom is 0.256 e. The minimum absolute atomic E-state index is 0.115. The standard InChI is InChI=1S/C17H18N6O3S/c1-12-18-8-9-23(12)16-10-15(19-11-20-16)21-17(24)13-4-6-14(7-5-13)27(25,26)22(2)3/h4-11H,1-3H3,(H,19,20,21,24). The average Bonchev–Trinajstić information content (AvgIpc) is 3.08. The maximum absolute atomic E-state index is 12.4. The highest BCUT2D eigenvalue weighted by atomic mass is 32.2. The van der Waals surface area contributed by atoms with E-state index in [1.807, 2.05) is 6.92 Å². The molecule has 0 atom stereocenters. The number of hydrogen-bond acceptors (Lipinski definition) is 6. The third kappa shape index (κ3) is 3.86. The summed E-state index contributed by atoms with van der Waals surface area (Å²) in [5, 5.41) is 2.68. The normalized spacial score (nSPS) is 11.6. The monoisotopic (exact) mass is 386 g/mol. The number of aromatic nitrogens is 4. The molecule has 140 valence electrons. The zero-order chi connectivity index (χ0) is 19.6. The van der Waals surface area contributed by atoms with Crippen molar-refractivity contribution in [3.05, 3.63) is 60.4 Å². The fraction of sp³-hybridized carbons (Fsp3) is 0.176. The number of sulfonamides is 1. The van der Waals surface area contributed by atoms with E-state index in [4.69, 9.17) is 0 Å². The van der Waals surface area contributed by atoms with Gasteiger partial charge in [0.1, 0.15) is 23.8 Å². The van der Waals surface area contributed by atoms with Crippen molar-refractivity contribution >= 4 is 21.7 Å². The molecular formula is C17H18N6O3S. The first-order valence-corrected chi connectivity index (χ1v) is 9.39. The van der Waals surface area contributed by atoms with Crippen LogP contribution in [0.25, 0.3) is 5.82 Å². The lowest BCUT2D eigenvalue weighted by atomic mass is 10.2. The maximum atomic E-state index is 12.4. The van der Waals surface area contributed by atoms with Crippen LogP contribution in [-0.2, 0) is 10.0 Å². The van der Waals surface area contributed by atoms with Gasteiger partial charge >= 0.3 is 0 Å². The summed E-state index contributed by atoms with van der Waals surface area (Å²) in [6.45, 7) is 1.84. The minimum atomic E-state index is -3.54. The number of rotatable bonds is 5. The molecule has 0 radical (unpaired) electrons. The fourth-order valence-electron chi connectivity index (χ4n) is 2.34. The van der Waals surface area contributed by atoms with E-state index in [0.717, 1.165) is 10.1 Å². The predicted octanol–water partition coefficient (Wildman–Crippen LogP) is 1.47. The lowest BCUT2D eigenvalue weighted by Gasteiger charge is -2.11. The number of nitrogens with one attached hydrogen (secondary N) is 1. The highest BCUT2D eigenvalue weighted by Gasteiger charge is 2.17. The van der Waals surface area contributed by atoms with Gasteiger partial charge in [-0.15, -0.1) is 0 Å². The molecule has 0 fully saturated rings. The van der Waals surface area contributed by atoms with E-state index in [1.54, 1.807) is 23.0 Å². The van der Waals surface area contributed by atoms with Gasteiger partial charge in [-0.3, -0.25) is 9.36 Å². The van der Waals surface area contributed by atoms with Crippen LogP contribution in [0.1, 0.15) is 16.2 Å². The molecule has 10 heteroatoms. The molecule has 2 heterocycles. The van der Waals surface area contributed by atoms with E-state index in [0.29, 0.717) is 17.2 Å². The van der Waals surface area contributed by atoms with Crippen LogP contribution in [0.15, 0.2) is 53.9 Å². The Hall–Kier alpha value is -3.11. The molecule has 2 aromatic heterocycles. The highest BCUT2D eigenvalue weighted by Crippen LogP contribution is 2.16. The van der Waals surface area contributed by atoms with Crippen LogP contribution < -0.4 is 5.32 Å². The van der Waals surface area contributed by atoms with Gasteiger partial charge in [-0.2, -0.15) is 0 Å². The van der Waals surface area contributed by atoms with Crippen LogP contribution in [0.4, 0.5) is 5.82 Å². The molecule has 0 aliphatic carbocycles. The molecule has 0 saturated carbocycles. The van der Waals surface area contributed by atoms with Gasteiger partial charge in [0.05, 0.1) is 4.90 Å². The number of carbonyl (C=O) groups excluding carboxylic acids is 1. The Balaban J connectivity index is 1.79. The number of anilines is 1. The summed E-state index contributed by atoms with van der Waals surface area (Å²) in [6.07, 6.45) is 4.75. The van der Waals surface area contributed by atoms with Crippen LogP contribution >= 0.6 is 0 Å². The Labute approximate surface area is 156 Å². The number of hydrogen-bond donors (Lipinski definition) is 1. The van der Waals surface area contributed by atoms with Crippen molar-refractivity contribution in [2.75, 3.05) is 19.4 Å². The summed E-state index contributed by atoms with van der Waals surface area (Å²) in [4.78, 5) is 24.9. The van der Waals surface area contributed by atoms with Crippen LogP contribution in [0.3, 0.4) is 0 Å². The van der Waals surface area contributed by atoms with Crippen LogP contribution in [-0.4, -0.2) is 52.2 Å². The van der Waals surface area contributed by atoms with Crippen LogP contribution in [0.5, 0.6) is 0 Å². The quantitative estimate of drug-likeness (QED) is 0.711. The third-order valence-corrected chi connectivity index (χ3v) is 5.69. The number of amides is 1. The van der Waals surface area contributed by atoms with Gasteiger partial charge in [-0.25, -0.2) is 27.7 Å². The van der Waals surface area contributed by atoms with Gasteiger partial charge in [0.15, 0.2) is 0 Å². The smallest absolute Gasteiger partial charge is 0.256 e. The predicted molar refractivity (Wildman–Crippen MR) is 99.2 cm³/mol. The van der Waals surface area contributed by atoms with Crippen molar-refractivity contribution in [1.82, 2.24) is 23.8 Å². The zero-order valence-electron chi connectivity index (χ0n) is 15.0. The molecule has 27 heavy (non-hydrogen) atoms. The molecule has 0 unspecified atom stereocenters. The minimum Gasteiger partial charge on any atom is -0.306 e. The fourth-order valence-corrected chi connectivity index (χ4v) is 3.25. The molecule has 1 amide bonds. The molecule has 1 N–H and O–H groups in total. The lowest BCUT2D eigenvalue weighted by molar-refractivity contribution is 0.102. The van der Waals surface area contributed by atoms with Gasteiger partial charge in [-0.05, 0) is 31.2 Å². The second-order valence-electron chi connectivity index (χ2n) is 5.87. The molecular weight excluding hydrogens is 368 g/mol.